The highest BCUT2D eigenvalue weighted by Crippen LogP contribution is 2.35. The molecule has 122 valence electrons. The number of hydrogen-bond acceptors (Lipinski definition) is 3. The zero-order chi connectivity index (χ0) is 16.2. The van der Waals surface area contributed by atoms with Crippen molar-refractivity contribution in [1.82, 2.24) is 10.2 Å². The fourth-order valence-corrected chi connectivity index (χ4v) is 2.83. The van der Waals surface area contributed by atoms with E-state index in [2.05, 4.69) is 0 Å². The smallest absolute Gasteiger partial charge is 0.395 e. The molecule has 1 aliphatic carbocycles. The third-order valence-corrected chi connectivity index (χ3v) is 3.76. The topological polar surface area (TPSA) is 52.6 Å². The standard InChI is InChI=1S/C15H19F3N2O2/c16-15(17,18)10-19-14(22)9-20(7-8-21)13-6-5-11-3-1-2-4-12(11)13/h1-4,13,21H,5-10H2,(H,19,22). The number of nitrogens with one attached hydrogen (secondary N) is 1. The van der Waals surface area contributed by atoms with Crippen molar-refractivity contribution in [3.05, 3.63) is 35.4 Å². The van der Waals surface area contributed by atoms with E-state index in [-0.39, 0.29) is 25.7 Å². The molecule has 0 aromatic heterocycles. The van der Waals surface area contributed by atoms with E-state index in [1.54, 1.807) is 4.90 Å². The number of carbonyl (C=O) groups excluding carboxylic acids is 1. The van der Waals surface area contributed by atoms with Crippen LogP contribution in [0.4, 0.5) is 13.2 Å². The molecule has 0 saturated carbocycles. The van der Waals surface area contributed by atoms with Crippen molar-refractivity contribution in [2.75, 3.05) is 26.2 Å². The molecule has 7 heteroatoms. The Morgan fingerprint density at radius 2 is 2.09 bits per heavy atom. The van der Waals surface area contributed by atoms with E-state index in [1.807, 2.05) is 29.6 Å². The Hall–Kier alpha value is -1.60. The number of amides is 1. The quantitative estimate of drug-likeness (QED) is 0.839. The number of aryl methyl sites for hydroxylation is 1. The highest BCUT2D eigenvalue weighted by Gasteiger charge is 2.31. The first-order chi connectivity index (χ1) is 10.4. The first kappa shape index (κ1) is 16.8. The van der Waals surface area contributed by atoms with Gasteiger partial charge in [0.15, 0.2) is 0 Å². The molecule has 0 heterocycles. The molecule has 1 aromatic carbocycles. The van der Waals surface area contributed by atoms with Crippen molar-refractivity contribution in [3.63, 3.8) is 0 Å². The maximum Gasteiger partial charge on any atom is 0.405 e. The molecule has 2 rings (SSSR count). The molecule has 1 amide bonds. The SMILES string of the molecule is O=C(CN(CCO)C1CCc2ccccc21)NCC(F)(F)F. The lowest BCUT2D eigenvalue weighted by atomic mass is 10.1. The summed E-state index contributed by atoms with van der Waals surface area (Å²) in [5.74, 6) is -0.685. The number of rotatable bonds is 6. The third-order valence-electron chi connectivity index (χ3n) is 3.76. The molecule has 0 radical (unpaired) electrons. The Bertz CT molecular complexity index is 520. The van der Waals surface area contributed by atoms with Crippen LogP contribution in [-0.4, -0.2) is 48.3 Å². The van der Waals surface area contributed by atoms with Crippen molar-refractivity contribution in [3.8, 4) is 0 Å². The number of halogens is 3. The lowest BCUT2D eigenvalue weighted by Crippen LogP contribution is -2.43. The van der Waals surface area contributed by atoms with Gasteiger partial charge in [-0.1, -0.05) is 24.3 Å². The normalized spacial score (nSPS) is 17.6. The Morgan fingerprint density at radius 1 is 1.36 bits per heavy atom. The van der Waals surface area contributed by atoms with Crippen LogP contribution in [0.2, 0.25) is 0 Å². The first-order valence-electron chi connectivity index (χ1n) is 7.17. The van der Waals surface area contributed by atoms with Gasteiger partial charge in [-0.25, -0.2) is 0 Å². The van der Waals surface area contributed by atoms with Crippen molar-refractivity contribution >= 4 is 5.91 Å². The van der Waals surface area contributed by atoms with Crippen LogP contribution in [0, 0.1) is 0 Å². The van der Waals surface area contributed by atoms with E-state index >= 15 is 0 Å². The molecule has 0 spiro atoms. The molecule has 1 aromatic rings. The van der Waals surface area contributed by atoms with Gasteiger partial charge in [0.05, 0.1) is 13.2 Å². The molecular weight excluding hydrogens is 297 g/mol. The first-order valence-corrected chi connectivity index (χ1v) is 7.17. The van der Waals surface area contributed by atoms with Gasteiger partial charge in [0, 0.05) is 12.6 Å². The van der Waals surface area contributed by atoms with Gasteiger partial charge in [-0.2, -0.15) is 13.2 Å². The van der Waals surface area contributed by atoms with Crippen LogP contribution < -0.4 is 5.32 Å². The average molecular weight is 316 g/mol. The van der Waals surface area contributed by atoms with Gasteiger partial charge in [0.25, 0.3) is 0 Å². The second-order valence-corrected chi connectivity index (χ2v) is 5.34. The number of fused-ring (bicyclic) bond motifs is 1. The lowest BCUT2D eigenvalue weighted by molar-refractivity contribution is -0.139. The van der Waals surface area contributed by atoms with Gasteiger partial charge in [-0.3, -0.25) is 9.69 Å². The highest BCUT2D eigenvalue weighted by atomic mass is 19.4. The summed E-state index contributed by atoms with van der Waals surface area (Å²) in [6.07, 6.45) is -2.75. The van der Waals surface area contributed by atoms with E-state index in [4.69, 9.17) is 5.11 Å². The summed E-state index contributed by atoms with van der Waals surface area (Å²) >= 11 is 0. The molecule has 0 fully saturated rings. The Morgan fingerprint density at radius 3 is 2.77 bits per heavy atom. The van der Waals surface area contributed by atoms with E-state index in [9.17, 15) is 18.0 Å². The molecular formula is C15H19F3N2O2. The average Bonchev–Trinajstić information content (AvgIpc) is 2.88. The van der Waals surface area contributed by atoms with Gasteiger partial charge in [0.2, 0.25) is 5.91 Å². The maximum atomic E-state index is 12.1. The molecule has 1 aliphatic rings. The monoisotopic (exact) mass is 316 g/mol. The lowest BCUT2D eigenvalue weighted by Gasteiger charge is -2.28. The zero-order valence-electron chi connectivity index (χ0n) is 12.1. The van der Waals surface area contributed by atoms with Gasteiger partial charge in [-0.05, 0) is 24.0 Å². The van der Waals surface area contributed by atoms with Gasteiger partial charge in [-0.15, -0.1) is 0 Å². The summed E-state index contributed by atoms with van der Waals surface area (Å²) in [5.41, 5.74) is 2.27. The Balaban J connectivity index is 2.00. The van der Waals surface area contributed by atoms with Crippen LogP contribution in [0.3, 0.4) is 0 Å². The largest absolute Gasteiger partial charge is 0.405 e. The number of hydrogen-bond donors (Lipinski definition) is 2. The fourth-order valence-electron chi connectivity index (χ4n) is 2.83. The molecule has 4 nitrogen and oxygen atoms in total. The predicted molar refractivity (Wildman–Crippen MR) is 75.2 cm³/mol. The van der Waals surface area contributed by atoms with E-state index in [0.717, 1.165) is 18.4 Å². The van der Waals surface area contributed by atoms with Crippen LogP contribution in [-0.2, 0) is 11.2 Å². The van der Waals surface area contributed by atoms with E-state index in [0.29, 0.717) is 0 Å². The maximum absolute atomic E-state index is 12.1. The zero-order valence-corrected chi connectivity index (χ0v) is 12.1. The molecule has 0 saturated heterocycles. The van der Waals surface area contributed by atoms with E-state index in [1.165, 1.54) is 5.56 Å². The van der Waals surface area contributed by atoms with Crippen LogP contribution >= 0.6 is 0 Å². The summed E-state index contributed by atoms with van der Waals surface area (Å²) in [4.78, 5) is 13.4. The fraction of sp³-hybridized carbons (Fsp3) is 0.533. The summed E-state index contributed by atoms with van der Waals surface area (Å²) in [7, 11) is 0. The summed E-state index contributed by atoms with van der Waals surface area (Å²) in [6, 6.07) is 7.77. The molecule has 0 aliphatic heterocycles. The van der Waals surface area contributed by atoms with Crippen LogP contribution in [0.5, 0.6) is 0 Å². The molecule has 22 heavy (non-hydrogen) atoms. The number of alkyl halides is 3. The second kappa shape index (κ2) is 7.11. The molecule has 1 atom stereocenters. The van der Waals surface area contributed by atoms with Gasteiger partial charge >= 0.3 is 6.18 Å². The number of benzene rings is 1. The molecule has 0 bridgehead atoms. The summed E-state index contributed by atoms with van der Waals surface area (Å²) < 4.78 is 36.4. The van der Waals surface area contributed by atoms with Crippen LogP contribution in [0.25, 0.3) is 0 Å². The Kier molecular flexibility index (Phi) is 5.42. The summed E-state index contributed by atoms with van der Waals surface area (Å²) in [5, 5.41) is 11.0. The number of carbonyl (C=O) groups is 1. The number of aliphatic hydroxyl groups is 1. The Labute approximate surface area is 126 Å². The van der Waals surface area contributed by atoms with Gasteiger partial charge in [0.1, 0.15) is 6.54 Å². The van der Waals surface area contributed by atoms with E-state index < -0.39 is 18.6 Å². The third kappa shape index (κ3) is 4.45. The molecule has 2 N–H and O–H groups in total. The predicted octanol–water partition coefficient (Wildman–Crippen LogP) is 1.65. The van der Waals surface area contributed by atoms with Crippen molar-refractivity contribution in [2.45, 2.75) is 25.1 Å². The number of nitrogens with zero attached hydrogens (tertiary/aromatic N) is 1. The molecule has 1 unspecified atom stereocenters. The van der Waals surface area contributed by atoms with Crippen molar-refractivity contribution in [2.24, 2.45) is 0 Å². The summed E-state index contributed by atoms with van der Waals surface area (Å²) in [6.45, 7) is -1.39. The van der Waals surface area contributed by atoms with Crippen molar-refractivity contribution < 1.29 is 23.1 Å². The second-order valence-electron chi connectivity index (χ2n) is 5.34. The minimum absolute atomic E-state index is 0.0417. The van der Waals surface area contributed by atoms with Crippen molar-refractivity contribution in [1.29, 1.82) is 0 Å². The minimum atomic E-state index is -4.42. The van der Waals surface area contributed by atoms with Gasteiger partial charge < -0.3 is 10.4 Å². The van der Waals surface area contributed by atoms with Crippen LogP contribution in [0.15, 0.2) is 24.3 Å². The number of aliphatic hydroxyl groups excluding tert-OH is 1. The minimum Gasteiger partial charge on any atom is -0.395 e. The highest BCUT2D eigenvalue weighted by molar-refractivity contribution is 5.78. The van der Waals surface area contributed by atoms with Crippen LogP contribution in [0.1, 0.15) is 23.6 Å².